The summed E-state index contributed by atoms with van der Waals surface area (Å²) in [5, 5.41) is 10.7. The molecule has 4 rings (SSSR count). The maximum atomic E-state index is 10.7. The molecule has 2 heterocycles. The largest absolute Gasteiger partial charge is 0.507 e. The van der Waals surface area contributed by atoms with Gasteiger partial charge in [0.2, 0.25) is 6.79 Å². The molecule has 7 nitrogen and oxygen atoms in total. The van der Waals surface area contributed by atoms with Gasteiger partial charge in [0.05, 0.1) is 33.5 Å². The smallest absolute Gasteiger partial charge is 0.231 e. The van der Waals surface area contributed by atoms with E-state index >= 15 is 0 Å². The Morgan fingerprint density at radius 1 is 0.963 bits per heavy atom. The molecule has 7 heteroatoms. The molecule has 0 bridgehead atoms. The minimum absolute atomic E-state index is 0.163. The fourth-order valence-corrected chi connectivity index (χ4v) is 3.61. The number of methoxy groups -OCH3 is 2. The summed E-state index contributed by atoms with van der Waals surface area (Å²) in [7, 11) is 3.23. The van der Waals surface area contributed by atoms with E-state index in [2.05, 4.69) is 4.90 Å². The zero-order chi connectivity index (χ0) is 18.8. The molecule has 0 unspecified atom stereocenters. The Morgan fingerprint density at radius 3 is 2.37 bits per heavy atom. The SMILES string of the molecule is COc1ccc([C@H](c2cc3c(cc2O)OCO3)N2CCOCC2)cc1OC. The molecule has 2 aromatic carbocycles. The molecule has 0 aliphatic carbocycles. The predicted molar refractivity (Wildman–Crippen MR) is 98.0 cm³/mol. The number of nitrogens with zero attached hydrogens (tertiary/aromatic N) is 1. The molecular formula is C20H23NO6. The van der Waals surface area contributed by atoms with Crippen LogP contribution in [0.2, 0.25) is 0 Å². The normalized spacial score (nSPS) is 17.6. The van der Waals surface area contributed by atoms with E-state index in [1.807, 2.05) is 24.3 Å². The third-order valence-electron chi connectivity index (χ3n) is 4.95. The number of aromatic hydroxyl groups is 1. The lowest BCUT2D eigenvalue weighted by Crippen LogP contribution is -2.39. The average Bonchev–Trinajstić information content (AvgIpc) is 3.16. The number of morpholine rings is 1. The van der Waals surface area contributed by atoms with Gasteiger partial charge in [0.15, 0.2) is 23.0 Å². The lowest BCUT2D eigenvalue weighted by Gasteiger charge is -2.35. The Labute approximate surface area is 158 Å². The molecule has 2 aliphatic rings. The lowest BCUT2D eigenvalue weighted by atomic mass is 9.95. The van der Waals surface area contributed by atoms with Crippen LogP contribution in [0.1, 0.15) is 17.2 Å². The van der Waals surface area contributed by atoms with Crippen LogP contribution >= 0.6 is 0 Å². The van der Waals surface area contributed by atoms with Crippen molar-refractivity contribution in [2.75, 3.05) is 47.3 Å². The molecule has 0 saturated carbocycles. The van der Waals surface area contributed by atoms with Crippen molar-refractivity contribution in [3.05, 3.63) is 41.5 Å². The first-order chi connectivity index (χ1) is 13.2. The Hall–Kier alpha value is -2.64. The average molecular weight is 373 g/mol. The molecule has 1 saturated heterocycles. The molecule has 0 aromatic heterocycles. The molecule has 1 fully saturated rings. The summed E-state index contributed by atoms with van der Waals surface area (Å²) in [5.41, 5.74) is 1.75. The van der Waals surface area contributed by atoms with E-state index in [1.54, 1.807) is 20.3 Å². The zero-order valence-corrected chi connectivity index (χ0v) is 15.4. The quantitative estimate of drug-likeness (QED) is 0.864. The number of hydrogen-bond donors (Lipinski definition) is 1. The van der Waals surface area contributed by atoms with Crippen LogP contribution in [-0.2, 0) is 4.74 Å². The van der Waals surface area contributed by atoms with Crippen LogP contribution in [0.15, 0.2) is 30.3 Å². The summed E-state index contributed by atoms with van der Waals surface area (Å²) in [4.78, 5) is 2.28. The van der Waals surface area contributed by atoms with Gasteiger partial charge in [-0.25, -0.2) is 0 Å². The van der Waals surface area contributed by atoms with Gasteiger partial charge in [0.1, 0.15) is 5.75 Å². The zero-order valence-electron chi connectivity index (χ0n) is 15.4. The number of hydrogen-bond acceptors (Lipinski definition) is 7. The van der Waals surface area contributed by atoms with Gasteiger partial charge >= 0.3 is 0 Å². The summed E-state index contributed by atoms with van der Waals surface area (Å²) in [6.45, 7) is 2.97. The summed E-state index contributed by atoms with van der Waals surface area (Å²) in [6, 6.07) is 9.11. The standard InChI is InChI=1S/C20H23NO6/c1-23-16-4-3-13(9-17(16)24-2)20(21-5-7-25-8-6-21)14-10-18-19(11-15(14)22)27-12-26-18/h3-4,9-11,20,22H,5-8,12H2,1-2H3/t20-/m1/s1. The highest BCUT2D eigenvalue weighted by Crippen LogP contribution is 2.44. The minimum atomic E-state index is -0.178. The summed E-state index contributed by atoms with van der Waals surface area (Å²) in [5.74, 6) is 2.68. The Kier molecular flexibility index (Phi) is 4.96. The molecule has 27 heavy (non-hydrogen) atoms. The van der Waals surface area contributed by atoms with Gasteiger partial charge < -0.3 is 28.8 Å². The number of rotatable bonds is 5. The number of ether oxygens (including phenoxy) is 5. The van der Waals surface area contributed by atoms with E-state index in [0.29, 0.717) is 36.2 Å². The second kappa shape index (κ2) is 7.54. The van der Waals surface area contributed by atoms with Crippen molar-refractivity contribution in [1.29, 1.82) is 0 Å². The van der Waals surface area contributed by atoms with Gasteiger partial charge in [-0.15, -0.1) is 0 Å². The molecule has 0 spiro atoms. The van der Waals surface area contributed by atoms with E-state index in [0.717, 1.165) is 24.2 Å². The second-order valence-electron chi connectivity index (χ2n) is 6.43. The van der Waals surface area contributed by atoms with Crippen molar-refractivity contribution >= 4 is 0 Å². The molecule has 0 radical (unpaired) electrons. The Bertz CT molecular complexity index is 818. The maximum Gasteiger partial charge on any atom is 0.231 e. The van der Waals surface area contributed by atoms with Crippen LogP contribution in [-0.4, -0.2) is 57.3 Å². The molecule has 1 atom stereocenters. The van der Waals surface area contributed by atoms with E-state index in [9.17, 15) is 5.11 Å². The molecule has 1 N–H and O–H groups in total. The lowest BCUT2D eigenvalue weighted by molar-refractivity contribution is 0.0235. The van der Waals surface area contributed by atoms with E-state index in [4.69, 9.17) is 23.7 Å². The van der Waals surface area contributed by atoms with Crippen molar-refractivity contribution < 1.29 is 28.8 Å². The third kappa shape index (κ3) is 3.36. The molecule has 0 amide bonds. The van der Waals surface area contributed by atoms with Crippen molar-refractivity contribution in [1.82, 2.24) is 4.90 Å². The van der Waals surface area contributed by atoms with Crippen LogP contribution < -0.4 is 18.9 Å². The highest BCUT2D eigenvalue weighted by Gasteiger charge is 2.30. The van der Waals surface area contributed by atoms with Crippen molar-refractivity contribution in [3.8, 4) is 28.7 Å². The highest BCUT2D eigenvalue weighted by molar-refractivity contribution is 5.55. The fraction of sp³-hybridized carbons (Fsp3) is 0.400. The van der Waals surface area contributed by atoms with Crippen molar-refractivity contribution in [2.24, 2.45) is 0 Å². The summed E-state index contributed by atoms with van der Waals surface area (Å²) in [6.07, 6.45) is 0. The van der Waals surface area contributed by atoms with Crippen LogP contribution in [0, 0.1) is 0 Å². The number of benzene rings is 2. The number of phenolic OH excluding ortho intramolecular Hbond substituents is 1. The first-order valence-corrected chi connectivity index (χ1v) is 8.87. The first-order valence-electron chi connectivity index (χ1n) is 8.87. The number of fused-ring (bicyclic) bond motifs is 1. The summed E-state index contributed by atoms with van der Waals surface area (Å²) < 4.78 is 27.3. The molecule has 2 aromatic rings. The van der Waals surface area contributed by atoms with Gasteiger partial charge in [0, 0.05) is 24.7 Å². The monoisotopic (exact) mass is 373 g/mol. The van der Waals surface area contributed by atoms with Crippen molar-refractivity contribution in [2.45, 2.75) is 6.04 Å². The maximum absolute atomic E-state index is 10.7. The van der Waals surface area contributed by atoms with Crippen LogP contribution in [0.25, 0.3) is 0 Å². The third-order valence-corrected chi connectivity index (χ3v) is 4.95. The van der Waals surface area contributed by atoms with Crippen LogP contribution in [0.3, 0.4) is 0 Å². The predicted octanol–water partition coefficient (Wildman–Crippen LogP) is 2.56. The Morgan fingerprint density at radius 2 is 1.67 bits per heavy atom. The van der Waals surface area contributed by atoms with E-state index in [1.165, 1.54) is 0 Å². The van der Waals surface area contributed by atoms with Crippen LogP contribution in [0.4, 0.5) is 0 Å². The van der Waals surface area contributed by atoms with Gasteiger partial charge in [0.25, 0.3) is 0 Å². The van der Waals surface area contributed by atoms with Crippen LogP contribution in [0.5, 0.6) is 28.7 Å². The van der Waals surface area contributed by atoms with Gasteiger partial charge in [-0.1, -0.05) is 6.07 Å². The van der Waals surface area contributed by atoms with Gasteiger partial charge in [-0.05, 0) is 23.8 Å². The molecule has 144 valence electrons. The first kappa shape index (κ1) is 17.8. The molecule has 2 aliphatic heterocycles. The fourth-order valence-electron chi connectivity index (χ4n) is 3.61. The second-order valence-corrected chi connectivity index (χ2v) is 6.43. The Balaban J connectivity index is 1.81. The van der Waals surface area contributed by atoms with Gasteiger partial charge in [-0.3, -0.25) is 4.90 Å². The van der Waals surface area contributed by atoms with Crippen molar-refractivity contribution in [3.63, 3.8) is 0 Å². The number of phenols is 1. The summed E-state index contributed by atoms with van der Waals surface area (Å²) >= 11 is 0. The highest BCUT2D eigenvalue weighted by atomic mass is 16.7. The topological polar surface area (TPSA) is 69.6 Å². The molecular weight excluding hydrogens is 350 g/mol. The van der Waals surface area contributed by atoms with Gasteiger partial charge in [-0.2, -0.15) is 0 Å². The minimum Gasteiger partial charge on any atom is -0.507 e. The van der Waals surface area contributed by atoms with E-state index < -0.39 is 0 Å². The van der Waals surface area contributed by atoms with E-state index in [-0.39, 0.29) is 18.6 Å².